The molecule has 0 aromatic heterocycles. The van der Waals surface area contributed by atoms with Crippen molar-refractivity contribution in [1.82, 2.24) is 19.6 Å². The van der Waals surface area contributed by atoms with Gasteiger partial charge >= 0.3 is 11.9 Å². The summed E-state index contributed by atoms with van der Waals surface area (Å²) in [5, 5.41) is 18.6. The number of carbonyl (C=O) groups excluding carboxylic acids is 2. The van der Waals surface area contributed by atoms with E-state index in [2.05, 4.69) is 16.7 Å². The van der Waals surface area contributed by atoms with E-state index in [1.165, 1.54) is 6.92 Å². The minimum Gasteiger partial charge on any atom is -0.480 e. The molecule has 0 bridgehead atoms. The normalized spacial score (nSPS) is 19.4. The summed E-state index contributed by atoms with van der Waals surface area (Å²) < 4.78 is 0. The second-order valence-electron chi connectivity index (χ2n) is 8.78. The number of carbonyl (C=O) groups is 4. The van der Waals surface area contributed by atoms with Crippen LogP contribution in [0.15, 0.2) is 0 Å². The summed E-state index contributed by atoms with van der Waals surface area (Å²) in [6, 6.07) is -0.356. The highest BCUT2D eigenvalue weighted by molar-refractivity contribution is 5.85. The number of likely N-dealkylation sites (N-methyl/N-ethyl adjacent to an activating group) is 1. The predicted octanol–water partition coefficient (Wildman–Crippen LogP) is 0.504. The molecule has 0 radical (unpaired) electrons. The molecule has 0 aromatic carbocycles. The number of rotatable bonds is 12. The number of nitrogens with zero attached hydrogens (tertiary/aromatic N) is 4. The summed E-state index contributed by atoms with van der Waals surface area (Å²) in [5.41, 5.74) is 0. The van der Waals surface area contributed by atoms with Gasteiger partial charge in [0.2, 0.25) is 0 Å². The molecular weight excluding hydrogens is 428 g/mol. The van der Waals surface area contributed by atoms with E-state index in [4.69, 9.17) is 0 Å². The Morgan fingerprint density at radius 3 is 1.61 bits per heavy atom. The molecule has 1 aliphatic heterocycles. The van der Waals surface area contributed by atoms with Crippen LogP contribution in [0.3, 0.4) is 0 Å². The van der Waals surface area contributed by atoms with Crippen LogP contribution in [-0.2, 0) is 19.2 Å². The van der Waals surface area contributed by atoms with Crippen LogP contribution in [0.1, 0.15) is 46.5 Å². The highest BCUT2D eigenvalue weighted by Crippen LogP contribution is 2.14. The minimum atomic E-state index is -0.939. The summed E-state index contributed by atoms with van der Waals surface area (Å²) >= 11 is 0. The molecule has 1 fully saturated rings. The van der Waals surface area contributed by atoms with Gasteiger partial charge in [0, 0.05) is 65.2 Å². The van der Waals surface area contributed by atoms with E-state index in [1.807, 2.05) is 11.8 Å². The Labute approximate surface area is 197 Å². The average molecular weight is 471 g/mol. The number of hydrogen-bond acceptors (Lipinski definition) is 8. The van der Waals surface area contributed by atoms with Gasteiger partial charge in [-0.3, -0.25) is 29.1 Å². The first kappa shape index (κ1) is 29.2. The van der Waals surface area contributed by atoms with Crippen molar-refractivity contribution in [1.29, 1.82) is 0 Å². The predicted molar refractivity (Wildman–Crippen MR) is 125 cm³/mol. The van der Waals surface area contributed by atoms with Gasteiger partial charge in [0.05, 0.1) is 19.1 Å². The molecule has 0 aliphatic carbocycles. The smallest absolute Gasteiger partial charge is 0.317 e. The number of carboxylic acids is 2. The van der Waals surface area contributed by atoms with E-state index in [0.717, 1.165) is 13.0 Å². The Morgan fingerprint density at radius 1 is 0.727 bits per heavy atom. The van der Waals surface area contributed by atoms with Crippen molar-refractivity contribution in [3.63, 3.8) is 0 Å². The maximum absolute atomic E-state index is 12.9. The second-order valence-corrected chi connectivity index (χ2v) is 8.78. The van der Waals surface area contributed by atoms with Crippen molar-refractivity contribution in [2.75, 3.05) is 72.0 Å². The van der Waals surface area contributed by atoms with Gasteiger partial charge in [-0.2, -0.15) is 0 Å². The van der Waals surface area contributed by atoms with Crippen LogP contribution in [-0.4, -0.2) is 131 Å². The zero-order valence-corrected chi connectivity index (χ0v) is 20.5. The average Bonchev–Trinajstić information content (AvgIpc) is 2.72. The molecule has 1 atom stereocenters. The highest BCUT2D eigenvalue weighted by Gasteiger charge is 2.27. The molecular formula is C23H42N4O6. The van der Waals surface area contributed by atoms with Gasteiger partial charge in [-0.05, 0) is 26.3 Å². The lowest BCUT2D eigenvalue weighted by Crippen LogP contribution is -2.51. The van der Waals surface area contributed by atoms with Crippen LogP contribution in [0.4, 0.5) is 0 Å². The Hall–Kier alpha value is -1.88. The Morgan fingerprint density at radius 2 is 1.18 bits per heavy atom. The van der Waals surface area contributed by atoms with Gasteiger partial charge in [0.25, 0.3) is 0 Å². The molecule has 1 heterocycles. The molecule has 1 saturated heterocycles. The van der Waals surface area contributed by atoms with Crippen LogP contribution in [0.25, 0.3) is 0 Å². The zero-order valence-electron chi connectivity index (χ0n) is 20.5. The molecule has 0 amide bonds. The Kier molecular flexibility index (Phi) is 14.0. The van der Waals surface area contributed by atoms with E-state index in [0.29, 0.717) is 71.6 Å². The first-order valence-corrected chi connectivity index (χ1v) is 12.0. The summed E-state index contributed by atoms with van der Waals surface area (Å²) in [7, 11) is 0. The molecule has 190 valence electrons. The number of hydrogen-bond donors (Lipinski definition) is 2. The molecule has 10 nitrogen and oxygen atoms in total. The molecule has 1 rings (SSSR count). The molecule has 10 heteroatoms. The van der Waals surface area contributed by atoms with Crippen LogP contribution in [0.2, 0.25) is 0 Å². The van der Waals surface area contributed by atoms with Gasteiger partial charge in [-0.25, -0.2) is 0 Å². The number of aliphatic carboxylic acids is 2. The zero-order chi connectivity index (χ0) is 24.8. The molecule has 0 spiro atoms. The lowest BCUT2D eigenvalue weighted by atomic mass is 10.00. The first-order valence-electron chi connectivity index (χ1n) is 12.0. The number of Topliss-reactive ketones (excluding diaryl/α,β-unsaturated/α-hetero) is 2. The standard InChI is InChI=1S/C23H42N4O6/c1-4-6-21(29)20(8-7-19(3)28)27-15-13-24(5-2)9-10-25(17-22(30)31)11-12-26(14-16-27)18-23(32)33/h20H,4-18H2,1-3H3,(H,30,31)(H,32,33). The largest absolute Gasteiger partial charge is 0.480 e. The van der Waals surface area contributed by atoms with Crippen LogP contribution < -0.4 is 0 Å². The van der Waals surface area contributed by atoms with Gasteiger partial charge in [-0.1, -0.05) is 13.8 Å². The molecule has 33 heavy (non-hydrogen) atoms. The van der Waals surface area contributed by atoms with Crippen molar-refractivity contribution >= 4 is 23.5 Å². The molecule has 1 unspecified atom stereocenters. The highest BCUT2D eigenvalue weighted by atomic mass is 16.4. The van der Waals surface area contributed by atoms with Gasteiger partial charge < -0.3 is 19.9 Å². The van der Waals surface area contributed by atoms with Crippen molar-refractivity contribution in [3.8, 4) is 0 Å². The molecule has 0 saturated carbocycles. The van der Waals surface area contributed by atoms with Gasteiger partial charge in [-0.15, -0.1) is 0 Å². The maximum Gasteiger partial charge on any atom is 0.317 e. The van der Waals surface area contributed by atoms with Gasteiger partial charge in [0.1, 0.15) is 11.6 Å². The molecule has 2 N–H and O–H groups in total. The van der Waals surface area contributed by atoms with E-state index < -0.39 is 11.9 Å². The summed E-state index contributed by atoms with van der Waals surface area (Å²) in [6.07, 6.45) is 2.02. The monoisotopic (exact) mass is 470 g/mol. The van der Waals surface area contributed by atoms with Crippen LogP contribution >= 0.6 is 0 Å². The fraction of sp³-hybridized carbons (Fsp3) is 0.826. The fourth-order valence-corrected chi connectivity index (χ4v) is 4.18. The summed E-state index contributed by atoms with van der Waals surface area (Å²) in [4.78, 5) is 55.3. The third-order valence-electron chi connectivity index (χ3n) is 6.12. The van der Waals surface area contributed by atoms with E-state index in [-0.39, 0.29) is 30.7 Å². The van der Waals surface area contributed by atoms with Gasteiger partial charge in [0.15, 0.2) is 0 Å². The van der Waals surface area contributed by atoms with E-state index in [9.17, 15) is 29.4 Å². The van der Waals surface area contributed by atoms with E-state index >= 15 is 0 Å². The lowest BCUT2D eigenvalue weighted by Gasteiger charge is -2.36. The third kappa shape index (κ3) is 12.2. The fourth-order valence-electron chi connectivity index (χ4n) is 4.18. The number of ketones is 2. The molecule has 1 aliphatic rings. The second kappa shape index (κ2) is 15.9. The van der Waals surface area contributed by atoms with Crippen molar-refractivity contribution in [2.24, 2.45) is 0 Å². The SMILES string of the molecule is CCCC(=O)C(CCC(C)=O)N1CCN(CC)CCN(CC(=O)O)CCN(CC(=O)O)CC1. The summed E-state index contributed by atoms with van der Waals surface area (Å²) in [5.74, 6) is -1.65. The third-order valence-corrected chi connectivity index (χ3v) is 6.12. The Bertz CT molecular complexity index is 644. The number of carboxylic acid groups (broad SMARTS) is 2. The molecule has 0 aromatic rings. The first-order chi connectivity index (χ1) is 15.7. The summed E-state index contributed by atoms with van der Waals surface area (Å²) in [6.45, 7) is 10.6. The van der Waals surface area contributed by atoms with Crippen LogP contribution in [0, 0.1) is 0 Å². The van der Waals surface area contributed by atoms with Crippen molar-refractivity contribution in [3.05, 3.63) is 0 Å². The van der Waals surface area contributed by atoms with Crippen molar-refractivity contribution < 1.29 is 29.4 Å². The van der Waals surface area contributed by atoms with E-state index in [1.54, 1.807) is 4.90 Å². The topological polar surface area (TPSA) is 122 Å². The minimum absolute atomic E-state index is 0.0554. The maximum atomic E-state index is 12.9. The van der Waals surface area contributed by atoms with Crippen molar-refractivity contribution in [2.45, 2.75) is 52.5 Å². The quantitative estimate of drug-likeness (QED) is 0.417. The lowest BCUT2D eigenvalue weighted by molar-refractivity contribution is -0.140. The Balaban J connectivity index is 3.09. The van der Waals surface area contributed by atoms with Crippen LogP contribution in [0.5, 0.6) is 0 Å².